The molecule has 0 aliphatic heterocycles. The molecule has 5 heteroatoms. The average molecular weight is 334 g/mol. The molecule has 4 nitrogen and oxygen atoms in total. The van der Waals surface area contributed by atoms with Crippen LogP contribution in [0, 0.1) is 5.92 Å². The van der Waals surface area contributed by atoms with E-state index >= 15 is 0 Å². The number of carbonyl (C=O) groups excluding carboxylic acids is 1. The molecule has 0 saturated heterocycles. The molecule has 1 heterocycles. The van der Waals surface area contributed by atoms with Gasteiger partial charge < -0.3 is 5.32 Å². The van der Waals surface area contributed by atoms with Gasteiger partial charge in [0.25, 0.3) is 0 Å². The lowest BCUT2D eigenvalue weighted by molar-refractivity contribution is -0.116. The number of hydrogen-bond acceptors (Lipinski definition) is 2. The maximum atomic E-state index is 12.1. The second-order valence-electron chi connectivity index (χ2n) is 7.20. The number of benzene rings is 1. The molecule has 124 valence electrons. The summed E-state index contributed by atoms with van der Waals surface area (Å²) in [6, 6.07) is 9.34. The first kappa shape index (κ1) is 17.5. The van der Waals surface area contributed by atoms with Crippen LogP contribution >= 0.6 is 11.6 Å². The lowest BCUT2D eigenvalue weighted by Crippen LogP contribution is -2.16. The minimum absolute atomic E-state index is 0.00410. The third-order valence-corrected chi connectivity index (χ3v) is 3.66. The first-order chi connectivity index (χ1) is 10.7. The number of nitrogens with zero attached hydrogens (tertiary/aromatic N) is 2. The van der Waals surface area contributed by atoms with E-state index in [9.17, 15) is 4.79 Å². The van der Waals surface area contributed by atoms with E-state index in [2.05, 4.69) is 31.2 Å². The molecular weight excluding hydrogens is 310 g/mol. The Hall–Kier alpha value is -1.81. The molecule has 0 fully saturated rings. The fourth-order valence-corrected chi connectivity index (χ4v) is 2.31. The van der Waals surface area contributed by atoms with Crippen LogP contribution in [-0.2, 0) is 10.2 Å². The van der Waals surface area contributed by atoms with Gasteiger partial charge in [-0.2, -0.15) is 5.10 Å². The molecular formula is C18H24ClN3O. The zero-order valence-corrected chi connectivity index (χ0v) is 15.1. The molecule has 0 radical (unpaired) electrons. The van der Waals surface area contributed by atoms with Crippen LogP contribution in [0.5, 0.6) is 0 Å². The van der Waals surface area contributed by atoms with Crippen molar-refractivity contribution in [2.45, 2.75) is 46.5 Å². The van der Waals surface area contributed by atoms with Crippen LogP contribution in [0.1, 0.15) is 46.7 Å². The molecule has 23 heavy (non-hydrogen) atoms. The third-order valence-electron chi connectivity index (χ3n) is 3.41. The van der Waals surface area contributed by atoms with E-state index in [1.807, 2.05) is 44.2 Å². The van der Waals surface area contributed by atoms with Gasteiger partial charge in [-0.1, -0.05) is 46.2 Å². The summed E-state index contributed by atoms with van der Waals surface area (Å²) in [6.45, 7) is 10.3. The van der Waals surface area contributed by atoms with Crippen LogP contribution in [0.4, 0.5) is 5.82 Å². The Kier molecular flexibility index (Phi) is 5.15. The van der Waals surface area contributed by atoms with E-state index < -0.39 is 0 Å². The first-order valence-electron chi connectivity index (χ1n) is 7.83. The second-order valence-corrected chi connectivity index (χ2v) is 7.64. The highest BCUT2D eigenvalue weighted by molar-refractivity contribution is 6.30. The quantitative estimate of drug-likeness (QED) is 0.872. The Morgan fingerprint density at radius 3 is 2.39 bits per heavy atom. The Bertz CT molecular complexity index is 681. The van der Waals surface area contributed by atoms with Crippen LogP contribution < -0.4 is 5.32 Å². The van der Waals surface area contributed by atoms with Crippen LogP contribution in [0.3, 0.4) is 0 Å². The summed E-state index contributed by atoms with van der Waals surface area (Å²) in [5.74, 6) is 0.988. The number of anilines is 1. The smallest absolute Gasteiger partial charge is 0.225 e. The van der Waals surface area contributed by atoms with Crippen molar-refractivity contribution in [3.05, 3.63) is 41.0 Å². The van der Waals surface area contributed by atoms with E-state index in [1.165, 1.54) is 0 Å². The van der Waals surface area contributed by atoms with E-state index in [1.54, 1.807) is 4.68 Å². The van der Waals surface area contributed by atoms with Gasteiger partial charge in [0.2, 0.25) is 5.91 Å². The van der Waals surface area contributed by atoms with E-state index in [4.69, 9.17) is 11.6 Å². The van der Waals surface area contributed by atoms with E-state index in [0.717, 1.165) is 11.4 Å². The van der Waals surface area contributed by atoms with Gasteiger partial charge in [0, 0.05) is 22.9 Å². The lowest BCUT2D eigenvalue weighted by Gasteiger charge is -2.14. The maximum absolute atomic E-state index is 12.1. The zero-order valence-electron chi connectivity index (χ0n) is 14.4. The summed E-state index contributed by atoms with van der Waals surface area (Å²) >= 11 is 5.96. The van der Waals surface area contributed by atoms with Gasteiger partial charge in [-0.25, -0.2) is 4.68 Å². The molecule has 0 aliphatic rings. The maximum Gasteiger partial charge on any atom is 0.225 e. The van der Waals surface area contributed by atoms with Crippen LogP contribution in [0.2, 0.25) is 5.02 Å². The first-order valence-corrected chi connectivity index (χ1v) is 8.21. The number of nitrogens with one attached hydrogen (secondary N) is 1. The highest BCUT2D eigenvalue weighted by Crippen LogP contribution is 2.27. The topological polar surface area (TPSA) is 46.9 Å². The zero-order chi connectivity index (χ0) is 17.2. The summed E-state index contributed by atoms with van der Waals surface area (Å²) in [4.78, 5) is 12.1. The van der Waals surface area contributed by atoms with Crippen molar-refractivity contribution in [1.82, 2.24) is 9.78 Å². The Labute approximate surface area is 142 Å². The average Bonchev–Trinajstić information content (AvgIpc) is 2.82. The number of hydrogen-bond donors (Lipinski definition) is 1. The summed E-state index contributed by atoms with van der Waals surface area (Å²) in [7, 11) is 0. The minimum Gasteiger partial charge on any atom is -0.311 e. The lowest BCUT2D eigenvalue weighted by atomic mass is 9.92. The largest absolute Gasteiger partial charge is 0.311 e. The molecule has 0 saturated carbocycles. The number of carbonyl (C=O) groups is 1. The normalized spacial score (nSPS) is 11.8. The Morgan fingerprint density at radius 2 is 1.87 bits per heavy atom. The van der Waals surface area contributed by atoms with Crippen LogP contribution in [0.15, 0.2) is 30.3 Å². The van der Waals surface area contributed by atoms with Crippen LogP contribution in [-0.4, -0.2) is 15.7 Å². The third kappa shape index (κ3) is 4.58. The van der Waals surface area contributed by atoms with Gasteiger partial charge in [-0.3, -0.25) is 4.79 Å². The molecule has 1 aromatic heterocycles. The van der Waals surface area contributed by atoms with Crippen molar-refractivity contribution in [3.63, 3.8) is 0 Å². The summed E-state index contributed by atoms with van der Waals surface area (Å²) in [5, 5.41) is 8.32. The summed E-state index contributed by atoms with van der Waals surface area (Å²) in [6.07, 6.45) is 0.483. The molecule has 1 aromatic carbocycles. The van der Waals surface area contributed by atoms with Crippen molar-refractivity contribution in [1.29, 1.82) is 0 Å². The number of rotatable bonds is 4. The fourth-order valence-electron chi connectivity index (χ4n) is 2.18. The molecule has 0 unspecified atom stereocenters. The predicted octanol–water partition coefficient (Wildman–Crippen LogP) is 4.81. The van der Waals surface area contributed by atoms with Crippen LogP contribution in [0.25, 0.3) is 5.69 Å². The van der Waals surface area contributed by atoms with Crippen molar-refractivity contribution in [2.24, 2.45) is 5.92 Å². The van der Waals surface area contributed by atoms with E-state index in [0.29, 0.717) is 23.2 Å². The van der Waals surface area contributed by atoms with E-state index in [-0.39, 0.29) is 11.3 Å². The standard InChI is InChI=1S/C18H24ClN3O/c1-12(2)10-17(23)20-16-11-15(18(3,4)5)21-22(16)14-8-6-13(19)7-9-14/h6-9,11-12H,10H2,1-5H3,(H,20,23). The molecule has 1 N–H and O–H groups in total. The van der Waals surface area contributed by atoms with Crippen molar-refractivity contribution in [2.75, 3.05) is 5.32 Å². The van der Waals surface area contributed by atoms with Crippen molar-refractivity contribution in [3.8, 4) is 5.69 Å². The Morgan fingerprint density at radius 1 is 1.26 bits per heavy atom. The number of halogens is 1. The number of aromatic nitrogens is 2. The molecule has 0 spiro atoms. The molecule has 1 amide bonds. The van der Waals surface area contributed by atoms with Gasteiger partial charge >= 0.3 is 0 Å². The molecule has 2 aromatic rings. The Balaban J connectivity index is 2.40. The van der Waals surface area contributed by atoms with Crippen molar-refractivity contribution < 1.29 is 4.79 Å². The minimum atomic E-state index is -0.102. The highest BCUT2D eigenvalue weighted by atomic mass is 35.5. The molecule has 0 aliphatic carbocycles. The van der Waals surface area contributed by atoms with Gasteiger partial charge in [-0.05, 0) is 30.2 Å². The summed E-state index contributed by atoms with van der Waals surface area (Å²) in [5.41, 5.74) is 1.69. The molecule has 0 bridgehead atoms. The summed E-state index contributed by atoms with van der Waals surface area (Å²) < 4.78 is 1.76. The fraction of sp³-hybridized carbons (Fsp3) is 0.444. The number of amides is 1. The monoisotopic (exact) mass is 333 g/mol. The SMILES string of the molecule is CC(C)CC(=O)Nc1cc(C(C)(C)C)nn1-c1ccc(Cl)cc1. The van der Waals surface area contributed by atoms with Gasteiger partial charge in [-0.15, -0.1) is 0 Å². The van der Waals surface area contributed by atoms with Gasteiger partial charge in [0.15, 0.2) is 0 Å². The van der Waals surface area contributed by atoms with Gasteiger partial charge in [0.1, 0.15) is 5.82 Å². The van der Waals surface area contributed by atoms with Gasteiger partial charge in [0.05, 0.1) is 11.4 Å². The predicted molar refractivity (Wildman–Crippen MR) is 95.4 cm³/mol. The highest BCUT2D eigenvalue weighted by Gasteiger charge is 2.21. The molecule has 2 rings (SSSR count). The molecule has 0 atom stereocenters. The second kappa shape index (κ2) is 6.75. The van der Waals surface area contributed by atoms with Crippen molar-refractivity contribution >= 4 is 23.3 Å².